The summed E-state index contributed by atoms with van der Waals surface area (Å²) in [6, 6.07) is 2.96. The highest BCUT2D eigenvalue weighted by atomic mass is 19.4. The van der Waals surface area contributed by atoms with Crippen molar-refractivity contribution < 1.29 is 32.6 Å². The first kappa shape index (κ1) is 18.8. The minimum Gasteiger partial charge on any atom is -0.469 e. The van der Waals surface area contributed by atoms with E-state index in [9.17, 15) is 23.2 Å². The van der Waals surface area contributed by atoms with E-state index in [1.54, 1.807) is 4.90 Å². The third-order valence-electron chi connectivity index (χ3n) is 3.81. The van der Waals surface area contributed by atoms with E-state index in [-0.39, 0.29) is 29.2 Å². The van der Waals surface area contributed by atoms with Gasteiger partial charge in [0.05, 0.1) is 18.6 Å². The van der Waals surface area contributed by atoms with E-state index in [4.69, 9.17) is 9.47 Å². The Balaban J connectivity index is 2.13. The van der Waals surface area contributed by atoms with Gasteiger partial charge >= 0.3 is 12.1 Å². The standard InChI is InChI=1S/C15H18F3N3O4/c1-24-14(22)10-4-7-21(8-5-10)12(20-23)11-3-2-6-19-13(11)25-9-15(16,17)18/h2-3,6,10,23H,4-5,7-9H2,1H3/b20-12-. The summed E-state index contributed by atoms with van der Waals surface area (Å²) in [5.41, 5.74) is 0.144. The van der Waals surface area contributed by atoms with E-state index in [1.807, 2.05) is 0 Å². The van der Waals surface area contributed by atoms with Crippen LogP contribution in [0.1, 0.15) is 18.4 Å². The number of aromatic nitrogens is 1. The average molecular weight is 361 g/mol. The van der Waals surface area contributed by atoms with Gasteiger partial charge < -0.3 is 19.6 Å². The topological polar surface area (TPSA) is 84.2 Å². The molecule has 1 aliphatic rings. The smallest absolute Gasteiger partial charge is 0.422 e. The number of carbonyl (C=O) groups excluding carboxylic acids is 1. The van der Waals surface area contributed by atoms with E-state index >= 15 is 0 Å². The Kier molecular flexibility index (Phi) is 6.05. The van der Waals surface area contributed by atoms with Gasteiger partial charge in [-0.05, 0) is 25.0 Å². The maximum Gasteiger partial charge on any atom is 0.422 e. The summed E-state index contributed by atoms with van der Waals surface area (Å²) in [6.07, 6.45) is -2.27. The lowest BCUT2D eigenvalue weighted by Crippen LogP contribution is -2.41. The Labute approximate surface area is 142 Å². The molecule has 0 aliphatic carbocycles. The second-order valence-electron chi connectivity index (χ2n) is 5.47. The van der Waals surface area contributed by atoms with Gasteiger partial charge in [0.25, 0.3) is 0 Å². The average Bonchev–Trinajstić information content (AvgIpc) is 2.61. The number of methoxy groups -OCH3 is 1. The fourth-order valence-electron chi connectivity index (χ4n) is 2.61. The summed E-state index contributed by atoms with van der Waals surface area (Å²) in [6.45, 7) is -0.736. The Morgan fingerprint density at radius 1 is 1.44 bits per heavy atom. The summed E-state index contributed by atoms with van der Waals surface area (Å²) >= 11 is 0. The summed E-state index contributed by atoms with van der Waals surface area (Å²) < 4.78 is 46.6. The van der Waals surface area contributed by atoms with Gasteiger partial charge in [0.1, 0.15) is 0 Å². The summed E-state index contributed by atoms with van der Waals surface area (Å²) in [5.74, 6) is -0.787. The van der Waals surface area contributed by atoms with Gasteiger partial charge in [0.2, 0.25) is 5.88 Å². The van der Waals surface area contributed by atoms with Gasteiger partial charge in [-0.1, -0.05) is 5.16 Å². The predicted molar refractivity (Wildman–Crippen MR) is 80.4 cm³/mol. The fraction of sp³-hybridized carbons (Fsp3) is 0.533. The van der Waals surface area contributed by atoms with Gasteiger partial charge in [-0.15, -0.1) is 0 Å². The van der Waals surface area contributed by atoms with Crippen molar-refractivity contribution >= 4 is 11.8 Å². The molecule has 2 heterocycles. The summed E-state index contributed by atoms with van der Waals surface area (Å²) in [5, 5.41) is 12.6. The number of esters is 1. The maximum atomic E-state index is 12.4. The number of ether oxygens (including phenoxy) is 2. The zero-order valence-electron chi connectivity index (χ0n) is 13.5. The number of rotatable bonds is 4. The molecule has 0 atom stereocenters. The number of nitrogens with zero attached hydrogens (tertiary/aromatic N) is 3. The van der Waals surface area contributed by atoms with Crippen LogP contribution in [-0.2, 0) is 9.53 Å². The van der Waals surface area contributed by atoms with Crippen molar-refractivity contribution in [3.05, 3.63) is 23.9 Å². The molecule has 0 saturated carbocycles. The number of hydrogen-bond donors (Lipinski definition) is 1. The minimum absolute atomic E-state index is 0.0496. The molecule has 10 heteroatoms. The summed E-state index contributed by atoms with van der Waals surface area (Å²) in [7, 11) is 1.31. The zero-order valence-corrected chi connectivity index (χ0v) is 13.5. The van der Waals surface area contributed by atoms with Gasteiger partial charge in [-0.25, -0.2) is 4.98 Å². The highest BCUT2D eigenvalue weighted by Crippen LogP contribution is 2.25. The summed E-state index contributed by atoms with van der Waals surface area (Å²) in [4.78, 5) is 17.0. The fourth-order valence-corrected chi connectivity index (χ4v) is 2.61. The number of pyridine rings is 1. The number of alkyl halides is 3. The van der Waals surface area contributed by atoms with Gasteiger partial charge in [0.15, 0.2) is 12.4 Å². The highest BCUT2D eigenvalue weighted by Gasteiger charge is 2.31. The van der Waals surface area contributed by atoms with Crippen molar-refractivity contribution in [3.8, 4) is 5.88 Å². The molecule has 7 nitrogen and oxygen atoms in total. The highest BCUT2D eigenvalue weighted by molar-refractivity contribution is 6.00. The Morgan fingerprint density at radius 2 is 2.12 bits per heavy atom. The maximum absolute atomic E-state index is 12.4. The zero-order chi connectivity index (χ0) is 18.4. The second-order valence-corrected chi connectivity index (χ2v) is 5.47. The third kappa shape index (κ3) is 4.97. The molecule has 1 fully saturated rings. The number of oxime groups is 1. The van der Waals surface area contributed by atoms with Crippen LogP contribution in [0.3, 0.4) is 0 Å². The quantitative estimate of drug-likeness (QED) is 0.291. The van der Waals surface area contributed by atoms with Crippen LogP contribution in [0.5, 0.6) is 5.88 Å². The van der Waals surface area contributed by atoms with E-state index in [0.717, 1.165) is 0 Å². The molecule has 1 aromatic rings. The van der Waals surface area contributed by atoms with Crippen LogP contribution in [0, 0.1) is 5.92 Å². The molecule has 1 N–H and O–H groups in total. The van der Waals surface area contributed by atoms with E-state index in [2.05, 4.69) is 10.1 Å². The molecule has 0 amide bonds. The van der Waals surface area contributed by atoms with Crippen molar-refractivity contribution in [2.75, 3.05) is 26.8 Å². The Hall–Kier alpha value is -2.52. The number of carbonyl (C=O) groups is 1. The lowest BCUT2D eigenvalue weighted by Gasteiger charge is -2.32. The number of piperidine rings is 1. The van der Waals surface area contributed by atoms with Crippen molar-refractivity contribution in [2.45, 2.75) is 19.0 Å². The molecule has 0 aromatic carbocycles. The van der Waals surface area contributed by atoms with Crippen LogP contribution < -0.4 is 4.74 Å². The predicted octanol–water partition coefficient (Wildman–Crippen LogP) is 2.04. The van der Waals surface area contributed by atoms with E-state index in [1.165, 1.54) is 25.4 Å². The first-order chi connectivity index (χ1) is 11.9. The van der Waals surface area contributed by atoms with E-state index < -0.39 is 12.8 Å². The molecule has 0 spiro atoms. The molecular weight excluding hydrogens is 343 g/mol. The number of hydrogen-bond acceptors (Lipinski definition) is 6. The van der Waals surface area contributed by atoms with Crippen LogP contribution >= 0.6 is 0 Å². The molecule has 0 radical (unpaired) electrons. The van der Waals surface area contributed by atoms with Crippen LogP contribution in [0.25, 0.3) is 0 Å². The number of halogens is 3. The lowest BCUT2D eigenvalue weighted by molar-refractivity contribution is -0.154. The monoisotopic (exact) mass is 361 g/mol. The third-order valence-corrected chi connectivity index (χ3v) is 3.81. The molecule has 1 aromatic heterocycles. The molecule has 0 bridgehead atoms. The van der Waals surface area contributed by atoms with Gasteiger partial charge in [-0.3, -0.25) is 4.79 Å². The van der Waals surface area contributed by atoms with Crippen LogP contribution in [0.2, 0.25) is 0 Å². The van der Waals surface area contributed by atoms with Crippen LogP contribution in [0.15, 0.2) is 23.5 Å². The molecule has 138 valence electrons. The van der Waals surface area contributed by atoms with Crippen molar-refractivity contribution in [2.24, 2.45) is 11.1 Å². The van der Waals surface area contributed by atoms with Gasteiger partial charge in [-0.2, -0.15) is 13.2 Å². The molecule has 2 rings (SSSR count). The van der Waals surface area contributed by atoms with Crippen molar-refractivity contribution in [3.63, 3.8) is 0 Å². The SMILES string of the molecule is COC(=O)C1CCN(/C(=N\O)c2cccnc2OCC(F)(F)F)CC1. The first-order valence-electron chi connectivity index (χ1n) is 7.55. The van der Waals surface area contributed by atoms with E-state index in [0.29, 0.717) is 25.9 Å². The number of likely N-dealkylation sites (tertiary alicyclic amines) is 1. The molecular formula is C15H18F3N3O4. The van der Waals surface area contributed by atoms with Crippen LogP contribution in [0.4, 0.5) is 13.2 Å². The molecule has 1 saturated heterocycles. The largest absolute Gasteiger partial charge is 0.469 e. The molecule has 25 heavy (non-hydrogen) atoms. The molecule has 1 aliphatic heterocycles. The second kappa shape index (κ2) is 8.04. The Bertz CT molecular complexity index is 629. The van der Waals surface area contributed by atoms with Gasteiger partial charge in [0, 0.05) is 19.3 Å². The first-order valence-corrected chi connectivity index (χ1v) is 7.55. The normalized spacial score (nSPS) is 16.6. The minimum atomic E-state index is -4.51. The van der Waals surface area contributed by atoms with Crippen molar-refractivity contribution in [1.82, 2.24) is 9.88 Å². The Morgan fingerprint density at radius 3 is 2.68 bits per heavy atom. The van der Waals surface area contributed by atoms with Crippen molar-refractivity contribution in [1.29, 1.82) is 0 Å². The van der Waals surface area contributed by atoms with Crippen LogP contribution in [-0.4, -0.2) is 59.9 Å². The lowest BCUT2D eigenvalue weighted by atomic mass is 9.96. The molecule has 0 unspecified atom stereocenters. The number of amidine groups is 1.